The largest absolute Gasteiger partial charge is 0.368 e. The number of para-hydroxylation sites is 1. The van der Waals surface area contributed by atoms with Gasteiger partial charge in [0.15, 0.2) is 5.65 Å². The van der Waals surface area contributed by atoms with Crippen LogP contribution in [0.25, 0.3) is 5.65 Å². The highest BCUT2D eigenvalue weighted by molar-refractivity contribution is 5.76. The Balaban J connectivity index is 1.25. The molecule has 1 aliphatic heterocycles. The van der Waals surface area contributed by atoms with Gasteiger partial charge in [-0.05, 0) is 25.0 Å². The molecular formula is C23H29N7O2. The summed E-state index contributed by atoms with van der Waals surface area (Å²) in [6.07, 6.45) is 7.06. The van der Waals surface area contributed by atoms with E-state index in [2.05, 4.69) is 49.5 Å². The molecule has 2 aromatic heterocycles. The number of carbonyl (C=O) groups excluding carboxylic acids is 1. The summed E-state index contributed by atoms with van der Waals surface area (Å²) in [6, 6.07) is 12.4. The van der Waals surface area contributed by atoms with E-state index in [-0.39, 0.29) is 24.2 Å². The second-order valence-corrected chi connectivity index (χ2v) is 8.63. The first-order valence-corrected chi connectivity index (χ1v) is 11.5. The van der Waals surface area contributed by atoms with Gasteiger partial charge in [-0.3, -0.25) is 4.79 Å². The third-order valence-corrected chi connectivity index (χ3v) is 6.45. The van der Waals surface area contributed by atoms with Crippen molar-refractivity contribution in [3.63, 3.8) is 0 Å². The monoisotopic (exact) mass is 435 g/mol. The van der Waals surface area contributed by atoms with Crippen LogP contribution in [0, 0.1) is 0 Å². The summed E-state index contributed by atoms with van der Waals surface area (Å²) in [7, 11) is 0. The number of anilines is 2. The molecule has 0 spiro atoms. The van der Waals surface area contributed by atoms with E-state index in [0.29, 0.717) is 5.65 Å². The molecule has 3 heterocycles. The lowest BCUT2D eigenvalue weighted by atomic mass is 9.95. The molecule has 9 heteroatoms. The number of carbonyl (C=O) groups is 1. The zero-order valence-electron chi connectivity index (χ0n) is 18.2. The molecule has 1 saturated heterocycles. The highest BCUT2D eigenvalue weighted by Crippen LogP contribution is 2.19. The topological polar surface area (TPSA) is 87.8 Å². The van der Waals surface area contributed by atoms with Crippen molar-refractivity contribution in [3.8, 4) is 0 Å². The van der Waals surface area contributed by atoms with E-state index in [4.69, 9.17) is 0 Å². The first-order valence-electron chi connectivity index (χ1n) is 11.5. The number of piperazine rings is 1. The lowest BCUT2D eigenvalue weighted by Gasteiger charge is -2.36. The molecule has 0 bridgehead atoms. The van der Waals surface area contributed by atoms with Gasteiger partial charge in [0.2, 0.25) is 5.91 Å². The number of fused-ring (bicyclic) bond motifs is 1. The lowest BCUT2D eigenvalue weighted by molar-refractivity contribution is -0.122. The molecule has 1 N–H and O–H groups in total. The first-order chi connectivity index (χ1) is 15.7. The van der Waals surface area contributed by atoms with Crippen LogP contribution < -0.4 is 20.8 Å². The van der Waals surface area contributed by atoms with Crippen LogP contribution in [0.4, 0.5) is 11.5 Å². The number of rotatable bonds is 5. The molecule has 168 valence electrons. The molecule has 32 heavy (non-hydrogen) atoms. The Morgan fingerprint density at radius 3 is 2.47 bits per heavy atom. The van der Waals surface area contributed by atoms with Gasteiger partial charge in [-0.2, -0.15) is 0 Å². The van der Waals surface area contributed by atoms with Crippen molar-refractivity contribution >= 4 is 23.1 Å². The fraction of sp³-hybridized carbons (Fsp3) is 0.478. The molecule has 0 atom stereocenters. The Bertz CT molecular complexity index is 1130. The van der Waals surface area contributed by atoms with Crippen molar-refractivity contribution < 1.29 is 4.79 Å². The molecular weight excluding hydrogens is 406 g/mol. The Hall–Kier alpha value is -3.36. The Morgan fingerprint density at radius 2 is 1.72 bits per heavy atom. The number of hydrogen-bond donors (Lipinski definition) is 1. The van der Waals surface area contributed by atoms with Crippen LogP contribution >= 0.6 is 0 Å². The van der Waals surface area contributed by atoms with E-state index in [0.717, 1.165) is 57.7 Å². The van der Waals surface area contributed by atoms with Crippen LogP contribution in [0.15, 0.2) is 47.5 Å². The average Bonchev–Trinajstić information content (AvgIpc) is 3.14. The van der Waals surface area contributed by atoms with Crippen molar-refractivity contribution in [2.24, 2.45) is 0 Å². The van der Waals surface area contributed by atoms with E-state index >= 15 is 0 Å². The third-order valence-electron chi connectivity index (χ3n) is 6.45. The van der Waals surface area contributed by atoms with Gasteiger partial charge in [0.25, 0.3) is 0 Å². The molecule has 0 radical (unpaired) electrons. The second-order valence-electron chi connectivity index (χ2n) is 8.63. The van der Waals surface area contributed by atoms with Crippen molar-refractivity contribution in [3.05, 3.63) is 53.2 Å². The van der Waals surface area contributed by atoms with Gasteiger partial charge in [0, 0.05) is 44.0 Å². The molecule has 2 fully saturated rings. The zero-order chi connectivity index (χ0) is 21.9. The van der Waals surface area contributed by atoms with Gasteiger partial charge >= 0.3 is 5.69 Å². The number of nitrogens with zero attached hydrogens (tertiary/aromatic N) is 6. The number of hydrogen-bond acceptors (Lipinski definition) is 6. The summed E-state index contributed by atoms with van der Waals surface area (Å²) in [5, 5.41) is 7.44. The van der Waals surface area contributed by atoms with Crippen LogP contribution in [0.3, 0.4) is 0 Å². The van der Waals surface area contributed by atoms with E-state index in [9.17, 15) is 9.59 Å². The highest BCUT2D eigenvalue weighted by atomic mass is 16.2. The number of amides is 1. The summed E-state index contributed by atoms with van der Waals surface area (Å²) in [4.78, 5) is 34.1. The van der Waals surface area contributed by atoms with E-state index in [1.165, 1.54) is 27.5 Å². The molecule has 1 aromatic carbocycles. The molecule has 9 nitrogen and oxygen atoms in total. The lowest BCUT2D eigenvalue weighted by Crippen LogP contribution is -2.46. The molecule has 2 aliphatic rings. The average molecular weight is 436 g/mol. The van der Waals surface area contributed by atoms with Crippen molar-refractivity contribution in [1.29, 1.82) is 0 Å². The van der Waals surface area contributed by atoms with Gasteiger partial charge in [-0.25, -0.2) is 18.9 Å². The van der Waals surface area contributed by atoms with Gasteiger partial charge in [0.05, 0.1) is 0 Å². The number of nitrogens with one attached hydrogen (secondary N) is 1. The summed E-state index contributed by atoms with van der Waals surface area (Å²) in [5.41, 5.74) is 1.40. The minimum Gasteiger partial charge on any atom is -0.368 e. The number of benzene rings is 1. The van der Waals surface area contributed by atoms with E-state index in [1.807, 2.05) is 12.1 Å². The van der Waals surface area contributed by atoms with Gasteiger partial charge in [-0.1, -0.05) is 37.5 Å². The molecule has 0 unspecified atom stereocenters. The predicted molar refractivity (Wildman–Crippen MR) is 123 cm³/mol. The summed E-state index contributed by atoms with van der Waals surface area (Å²) in [5.74, 6) is 0.640. The predicted octanol–water partition coefficient (Wildman–Crippen LogP) is 1.67. The minimum atomic E-state index is -0.341. The summed E-state index contributed by atoms with van der Waals surface area (Å²) < 4.78 is 2.63. The number of aromatic nitrogens is 4. The second kappa shape index (κ2) is 9.02. The van der Waals surface area contributed by atoms with Crippen LogP contribution in [-0.4, -0.2) is 57.3 Å². The fourth-order valence-corrected chi connectivity index (χ4v) is 4.68. The fourth-order valence-electron chi connectivity index (χ4n) is 4.68. The van der Waals surface area contributed by atoms with Gasteiger partial charge in [-0.15, -0.1) is 5.10 Å². The zero-order valence-corrected chi connectivity index (χ0v) is 18.2. The van der Waals surface area contributed by atoms with Crippen LogP contribution in [0.1, 0.15) is 32.1 Å². The van der Waals surface area contributed by atoms with E-state index < -0.39 is 0 Å². The van der Waals surface area contributed by atoms with Crippen LogP contribution in [-0.2, 0) is 11.3 Å². The Labute approximate surface area is 186 Å². The molecule has 1 saturated carbocycles. The first kappa shape index (κ1) is 20.5. The Kier molecular flexibility index (Phi) is 5.79. The summed E-state index contributed by atoms with van der Waals surface area (Å²) >= 11 is 0. The van der Waals surface area contributed by atoms with E-state index in [1.54, 1.807) is 0 Å². The molecule has 3 aromatic rings. The van der Waals surface area contributed by atoms with Crippen LogP contribution in [0.2, 0.25) is 0 Å². The maximum atomic E-state index is 12.7. The smallest absolute Gasteiger partial charge is 0.352 e. The van der Waals surface area contributed by atoms with Gasteiger partial charge in [0.1, 0.15) is 18.7 Å². The van der Waals surface area contributed by atoms with Crippen LogP contribution in [0.5, 0.6) is 0 Å². The Morgan fingerprint density at radius 1 is 1.00 bits per heavy atom. The highest BCUT2D eigenvalue weighted by Gasteiger charge is 2.21. The standard InChI is InChI=1S/C23H29N7O2/c31-22(25-18-7-3-1-4-8-18)16-30-23(32)29-17-24-20(15-21(29)26-30)28-13-11-27(12-14-28)19-9-5-2-6-10-19/h2,5-6,9-10,15,17-18H,1,3-4,7-8,11-14,16H2,(H,25,31). The maximum absolute atomic E-state index is 12.7. The molecule has 5 rings (SSSR count). The minimum absolute atomic E-state index is 0.0674. The quantitative estimate of drug-likeness (QED) is 0.656. The SMILES string of the molecule is O=C(Cn1nc2cc(N3CCN(c4ccccc4)CC3)ncn2c1=O)NC1CCCCC1. The maximum Gasteiger partial charge on any atom is 0.352 e. The van der Waals surface area contributed by atoms with Gasteiger partial charge < -0.3 is 15.1 Å². The van der Waals surface area contributed by atoms with Crippen molar-refractivity contribution in [1.82, 2.24) is 24.5 Å². The van der Waals surface area contributed by atoms with Crippen molar-refractivity contribution in [2.45, 2.75) is 44.7 Å². The van der Waals surface area contributed by atoms with Crippen molar-refractivity contribution in [2.75, 3.05) is 36.0 Å². The normalized spacial score (nSPS) is 17.6. The molecule has 1 amide bonds. The molecule has 1 aliphatic carbocycles. The summed E-state index contributed by atoms with van der Waals surface area (Å²) in [6.45, 7) is 3.42. The third kappa shape index (κ3) is 4.32.